The normalized spacial score (nSPS) is 12.0. The molecule has 0 spiro atoms. The summed E-state index contributed by atoms with van der Waals surface area (Å²) < 4.78 is 1.69. The Morgan fingerprint density at radius 3 is 2.69 bits per heavy atom. The second-order valence-corrected chi connectivity index (χ2v) is 6.15. The van der Waals surface area contributed by atoms with Crippen molar-refractivity contribution in [3.05, 3.63) is 70.7 Å². The minimum Gasteiger partial charge on any atom is -0.394 e. The highest BCUT2D eigenvalue weighted by Crippen LogP contribution is 2.17. The minimum absolute atomic E-state index is 0.120. The summed E-state index contributed by atoms with van der Waals surface area (Å²) in [5.41, 5.74) is 1.85. The van der Waals surface area contributed by atoms with Gasteiger partial charge in [-0.1, -0.05) is 30.3 Å². The van der Waals surface area contributed by atoms with Crippen molar-refractivity contribution in [2.45, 2.75) is 19.9 Å². The van der Waals surface area contributed by atoms with Crippen LogP contribution in [0.3, 0.4) is 0 Å². The molecule has 7 nitrogen and oxygen atoms in total. The first-order chi connectivity index (χ1) is 12.5. The monoisotopic (exact) mass is 371 g/mol. The van der Waals surface area contributed by atoms with Gasteiger partial charge in [0.05, 0.1) is 12.6 Å². The number of aliphatic hydroxyl groups is 1. The fraction of sp³-hybridized carbons (Fsp3) is 0.222. The number of nitrogens with zero attached hydrogens (tertiary/aromatic N) is 4. The third-order valence-corrected chi connectivity index (χ3v) is 4.13. The van der Waals surface area contributed by atoms with E-state index in [9.17, 15) is 9.90 Å². The number of hydrogen-bond acceptors (Lipinski definition) is 5. The number of rotatable bonds is 5. The fourth-order valence-electron chi connectivity index (χ4n) is 2.60. The van der Waals surface area contributed by atoms with E-state index in [1.165, 1.54) is 0 Å². The number of aliphatic hydroxyl groups excluding tert-OH is 1. The van der Waals surface area contributed by atoms with Crippen LogP contribution in [0.25, 0.3) is 5.82 Å². The minimum atomic E-state index is -0.510. The van der Waals surface area contributed by atoms with E-state index in [0.29, 0.717) is 11.6 Å². The molecule has 0 aliphatic carbocycles. The van der Waals surface area contributed by atoms with Gasteiger partial charge in [0.25, 0.3) is 5.91 Å². The first-order valence-corrected chi connectivity index (χ1v) is 8.39. The van der Waals surface area contributed by atoms with Crippen LogP contribution in [-0.2, 0) is 0 Å². The summed E-state index contributed by atoms with van der Waals surface area (Å²) in [6, 6.07) is 8.76. The standard InChI is InChI=1S/C18H18ClN5O2/c1-11-8-20-18(19)23-16(11)24-9-14(21-12(24)2)17(26)22-15(10-25)13-6-4-3-5-7-13/h3-9,15,25H,10H2,1-2H3,(H,22,26). The van der Waals surface area contributed by atoms with E-state index in [1.54, 1.807) is 23.9 Å². The molecule has 134 valence electrons. The third kappa shape index (κ3) is 3.74. The van der Waals surface area contributed by atoms with Crippen LogP contribution in [-0.4, -0.2) is 37.1 Å². The van der Waals surface area contributed by atoms with Crippen LogP contribution in [0.15, 0.2) is 42.7 Å². The first-order valence-electron chi connectivity index (χ1n) is 8.01. The predicted molar refractivity (Wildman–Crippen MR) is 97.4 cm³/mol. The van der Waals surface area contributed by atoms with E-state index in [-0.39, 0.29) is 23.5 Å². The number of nitrogens with one attached hydrogen (secondary N) is 1. The zero-order valence-corrected chi connectivity index (χ0v) is 15.1. The van der Waals surface area contributed by atoms with Gasteiger partial charge in [-0.3, -0.25) is 9.36 Å². The van der Waals surface area contributed by atoms with Gasteiger partial charge >= 0.3 is 0 Å². The van der Waals surface area contributed by atoms with Crippen molar-refractivity contribution in [2.24, 2.45) is 0 Å². The fourth-order valence-corrected chi connectivity index (χ4v) is 2.73. The zero-order chi connectivity index (χ0) is 18.7. The van der Waals surface area contributed by atoms with Crippen LogP contribution in [0.1, 0.15) is 33.5 Å². The number of imidazole rings is 1. The maximum atomic E-state index is 12.6. The van der Waals surface area contributed by atoms with Crippen molar-refractivity contribution in [3.8, 4) is 5.82 Å². The summed E-state index contributed by atoms with van der Waals surface area (Å²) in [5, 5.41) is 12.5. The number of carbonyl (C=O) groups excluding carboxylic acids is 1. The van der Waals surface area contributed by atoms with Gasteiger partial charge in [-0.2, -0.15) is 4.98 Å². The molecule has 0 saturated carbocycles. The Labute approximate surface area is 155 Å². The van der Waals surface area contributed by atoms with Gasteiger partial charge in [-0.15, -0.1) is 0 Å². The molecule has 2 N–H and O–H groups in total. The summed E-state index contributed by atoms with van der Waals surface area (Å²) in [4.78, 5) is 25.0. The molecule has 0 bridgehead atoms. The third-order valence-electron chi connectivity index (χ3n) is 3.95. The summed E-state index contributed by atoms with van der Waals surface area (Å²) in [7, 11) is 0. The molecule has 0 radical (unpaired) electrons. The quantitative estimate of drug-likeness (QED) is 0.672. The Morgan fingerprint density at radius 1 is 1.27 bits per heavy atom. The lowest BCUT2D eigenvalue weighted by Gasteiger charge is -2.15. The number of aromatic nitrogens is 4. The zero-order valence-electron chi connectivity index (χ0n) is 14.3. The van der Waals surface area contributed by atoms with E-state index in [0.717, 1.165) is 11.1 Å². The lowest BCUT2D eigenvalue weighted by molar-refractivity contribution is 0.0911. The van der Waals surface area contributed by atoms with E-state index in [2.05, 4.69) is 20.3 Å². The number of carbonyl (C=O) groups is 1. The molecule has 0 aliphatic heterocycles. The first kappa shape index (κ1) is 18.0. The Kier molecular flexibility index (Phi) is 5.29. The Balaban J connectivity index is 1.86. The van der Waals surface area contributed by atoms with Crippen molar-refractivity contribution in [1.29, 1.82) is 0 Å². The summed E-state index contributed by atoms with van der Waals surface area (Å²) in [5.74, 6) is 0.775. The van der Waals surface area contributed by atoms with Crippen molar-refractivity contribution < 1.29 is 9.90 Å². The number of aryl methyl sites for hydroxylation is 2. The number of benzene rings is 1. The maximum absolute atomic E-state index is 12.6. The lowest BCUT2D eigenvalue weighted by atomic mass is 10.1. The smallest absolute Gasteiger partial charge is 0.272 e. The molecule has 26 heavy (non-hydrogen) atoms. The topological polar surface area (TPSA) is 92.9 Å². The van der Waals surface area contributed by atoms with Gasteiger partial charge in [-0.25, -0.2) is 9.97 Å². The summed E-state index contributed by atoms with van der Waals surface area (Å²) in [6.45, 7) is 3.41. The highest BCUT2D eigenvalue weighted by Gasteiger charge is 2.19. The van der Waals surface area contributed by atoms with Crippen molar-refractivity contribution in [2.75, 3.05) is 6.61 Å². The Bertz CT molecular complexity index is 927. The van der Waals surface area contributed by atoms with Gasteiger partial charge in [-0.05, 0) is 31.0 Å². The van der Waals surface area contributed by atoms with Crippen molar-refractivity contribution >= 4 is 17.5 Å². The Hall–Kier alpha value is -2.77. The van der Waals surface area contributed by atoms with E-state index in [4.69, 9.17) is 11.6 Å². The van der Waals surface area contributed by atoms with Crippen LogP contribution < -0.4 is 5.32 Å². The van der Waals surface area contributed by atoms with E-state index < -0.39 is 6.04 Å². The van der Waals surface area contributed by atoms with Crippen LogP contribution >= 0.6 is 11.6 Å². The second kappa shape index (κ2) is 7.63. The van der Waals surface area contributed by atoms with Crippen LogP contribution in [0.5, 0.6) is 0 Å². The average Bonchev–Trinajstić information content (AvgIpc) is 3.04. The molecule has 0 aliphatic rings. The molecule has 3 aromatic rings. The maximum Gasteiger partial charge on any atom is 0.272 e. The molecule has 2 heterocycles. The summed E-state index contributed by atoms with van der Waals surface area (Å²) >= 11 is 5.88. The van der Waals surface area contributed by atoms with E-state index in [1.807, 2.05) is 37.3 Å². The molecule has 1 atom stereocenters. The molecule has 1 amide bonds. The number of halogens is 1. The molecular weight excluding hydrogens is 354 g/mol. The highest BCUT2D eigenvalue weighted by atomic mass is 35.5. The van der Waals surface area contributed by atoms with Gasteiger partial charge < -0.3 is 10.4 Å². The molecule has 0 fully saturated rings. The number of amides is 1. The highest BCUT2D eigenvalue weighted by molar-refractivity contribution is 6.28. The van der Waals surface area contributed by atoms with Crippen LogP contribution in [0, 0.1) is 13.8 Å². The second-order valence-electron chi connectivity index (χ2n) is 5.81. The molecule has 1 aromatic carbocycles. The van der Waals surface area contributed by atoms with Gasteiger partial charge in [0.1, 0.15) is 17.3 Å². The molecule has 2 aromatic heterocycles. The summed E-state index contributed by atoms with van der Waals surface area (Å²) in [6.07, 6.45) is 3.21. The molecule has 0 saturated heterocycles. The van der Waals surface area contributed by atoms with Crippen LogP contribution in [0.4, 0.5) is 0 Å². The largest absolute Gasteiger partial charge is 0.394 e. The van der Waals surface area contributed by atoms with Crippen LogP contribution in [0.2, 0.25) is 5.28 Å². The lowest BCUT2D eigenvalue weighted by Crippen LogP contribution is -2.31. The molecule has 1 unspecified atom stereocenters. The van der Waals surface area contributed by atoms with Crippen molar-refractivity contribution in [1.82, 2.24) is 24.8 Å². The predicted octanol–water partition coefficient (Wildman–Crippen LogP) is 2.40. The molecule has 8 heteroatoms. The van der Waals surface area contributed by atoms with Gasteiger partial charge in [0, 0.05) is 18.0 Å². The SMILES string of the molecule is Cc1cnc(Cl)nc1-n1cc(C(=O)NC(CO)c2ccccc2)nc1C. The van der Waals surface area contributed by atoms with Crippen molar-refractivity contribution in [3.63, 3.8) is 0 Å². The van der Waals surface area contributed by atoms with Gasteiger partial charge in [0.15, 0.2) is 0 Å². The molecular formula is C18H18ClN5O2. The number of hydrogen-bond donors (Lipinski definition) is 2. The van der Waals surface area contributed by atoms with Gasteiger partial charge in [0.2, 0.25) is 5.28 Å². The molecule has 3 rings (SSSR count). The van der Waals surface area contributed by atoms with E-state index >= 15 is 0 Å². The average molecular weight is 372 g/mol. The Morgan fingerprint density at radius 2 is 2.00 bits per heavy atom.